The van der Waals surface area contributed by atoms with E-state index in [-0.39, 0.29) is 18.0 Å². The number of rotatable bonds is 5. The van der Waals surface area contributed by atoms with E-state index in [0.29, 0.717) is 22.7 Å². The molecule has 3 aromatic rings. The van der Waals surface area contributed by atoms with E-state index >= 15 is 0 Å². The van der Waals surface area contributed by atoms with Crippen molar-refractivity contribution in [2.45, 2.75) is 32.2 Å². The van der Waals surface area contributed by atoms with Gasteiger partial charge in [0, 0.05) is 11.6 Å². The summed E-state index contributed by atoms with van der Waals surface area (Å²) in [5.41, 5.74) is 2.62. The lowest BCUT2D eigenvalue weighted by molar-refractivity contribution is -0.117. The molecule has 1 aromatic carbocycles. The maximum absolute atomic E-state index is 12.9. The molecule has 0 spiro atoms. The highest BCUT2D eigenvalue weighted by Gasteiger charge is 2.20. The summed E-state index contributed by atoms with van der Waals surface area (Å²) in [6.45, 7) is -0.204. The van der Waals surface area contributed by atoms with Crippen molar-refractivity contribution in [2.75, 3.05) is 19.5 Å². The van der Waals surface area contributed by atoms with Crippen molar-refractivity contribution in [3.8, 4) is 11.5 Å². The van der Waals surface area contributed by atoms with E-state index < -0.39 is 0 Å². The molecule has 0 saturated heterocycles. The average Bonchev–Trinajstić information content (AvgIpc) is 3.09. The fourth-order valence-corrected chi connectivity index (χ4v) is 3.51. The number of aromatic nitrogens is 4. The maximum atomic E-state index is 12.9. The number of carbonyl (C=O) groups is 1. The zero-order valence-electron chi connectivity index (χ0n) is 15.8. The van der Waals surface area contributed by atoms with Crippen LogP contribution in [-0.2, 0) is 24.2 Å². The number of nitrogens with one attached hydrogen (secondary N) is 1. The van der Waals surface area contributed by atoms with Crippen molar-refractivity contribution in [1.29, 1.82) is 0 Å². The van der Waals surface area contributed by atoms with Crippen molar-refractivity contribution in [3.05, 3.63) is 46.1 Å². The molecule has 28 heavy (non-hydrogen) atoms. The second kappa shape index (κ2) is 7.34. The van der Waals surface area contributed by atoms with Crippen LogP contribution in [-0.4, -0.2) is 39.5 Å². The summed E-state index contributed by atoms with van der Waals surface area (Å²) in [5, 5.41) is 11.3. The Labute approximate surface area is 160 Å². The summed E-state index contributed by atoms with van der Waals surface area (Å²) in [6, 6.07) is 5.07. The molecule has 2 heterocycles. The van der Waals surface area contributed by atoms with Crippen molar-refractivity contribution in [3.63, 3.8) is 0 Å². The van der Waals surface area contributed by atoms with Crippen LogP contribution in [0, 0.1) is 0 Å². The predicted molar refractivity (Wildman–Crippen MR) is 102 cm³/mol. The van der Waals surface area contributed by atoms with Crippen LogP contribution < -0.4 is 20.3 Å². The number of benzene rings is 1. The minimum atomic E-state index is -0.379. The largest absolute Gasteiger partial charge is 0.497 e. The number of ether oxygens (including phenoxy) is 2. The van der Waals surface area contributed by atoms with Crippen LogP contribution in [0.5, 0.6) is 11.5 Å². The molecular formula is C19H21N5O4. The van der Waals surface area contributed by atoms with Crippen LogP contribution in [0.2, 0.25) is 0 Å². The minimum Gasteiger partial charge on any atom is -0.497 e. The van der Waals surface area contributed by atoms with Gasteiger partial charge in [-0.25, -0.2) is 9.20 Å². The van der Waals surface area contributed by atoms with Crippen LogP contribution in [0.4, 0.5) is 5.69 Å². The smallest absolute Gasteiger partial charge is 0.293 e. The second-order valence-corrected chi connectivity index (χ2v) is 6.63. The van der Waals surface area contributed by atoms with E-state index in [2.05, 4.69) is 15.5 Å². The molecule has 4 rings (SSSR count). The van der Waals surface area contributed by atoms with Gasteiger partial charge in [-0.2, -0.15) is 10.2 Å². The molecule has 0 unspecified atom stereocenters. The van der Waals surface area contributed by atoms with E-state index in [1.807, 2.05) is 0 Å². The monoisotopic (exact) mass is 383 g/mol. The first-order chi connectivity index (χ1) is 13.6. The van der Waals surface area contributed by atoms with Crippen molar-refractivity contribution in [1.82, 2.24) is 19.4 Å². The first-order valence-electron chi connectivity index (χ1n) is 9.09. The summed E-state index contributed by atoms with van der Waals surface area (Å²) in [5.74, 6) is 0.702. The predicted octanol–water partition coefficient (Wildman–Crippen LogP) is 1.43. The third kappa shape index (κ3) is 3.19. The van der Waals surface area contributed by atoms with E-state index in [4.69, 9.17) is 9.47 Å². The van der Waals surface area contributed by atoms with E-state index in [9.17, 15) is 9.59 Å². The van der Waals surface area contributed by atoms with Gasteiger partial charge in [0.1, 0.15) is 29.9 Å². The number of nitrogens with zero attached hydrogens (tertiary/aromatic N) is 4. The Morgan fingerprint density at radius 2 is 2.04 bits per heavy atom. The summed E-state index contributed by atoms with van der Waals surface area (Å²) in [6.07, 6.45) is 5.29. The lowest BCUT2D eigenvalue weighted by atomic mass is 9.97. The van der Waals surface area contributed by atoms with E-state index in [1.54, 1.807) is 25.3 Å². The fourth-order valence-electron chi connectivity index (χ4n) is 3.51. The molecule has 0 saturated carbocycles. The molecule has 0 aliphatic heterocycles. The number of anilines is 1. The van der Waals surface area contributed by atoms with Gasteiger partial charge < -0.3 is 14.8 Å². The Balaban J connectivity index is 1.59. The Morgan fingerprint density at radius 3 is 2.82 bits per heavy atom. The number of hydrogen-bond acceptors (Lipinski definition) is 6. The zero-order valence-corrected chi connectivity index (χ0v) is 15.8. The van der Waals surface area contributed by atoms with Gasteiger partial charge in [-0.05, 0) is 37.8 Å². The second-order valence-electron chi connectivity index (χ2n) is 6.63. The van der Waals surface area contributed by atoms with Crippen LogP contribution in [0.25, 0.3) is 5.52 Å². The Morgan fingerprint density at radius 1 is 1.21 bits per heavy atom. The number of aryl methyl sites for hydroxylation is 2. The molecule has 9 nitrogen and oxygen atoms in total. The van der Waals surface area contributed by atoms with Gasteiger partial charge >= 0.3 is 0 Å². The van der Waals surface area contributed by atoms with Crippen LogP contribution >= 0.6 is 0 Å². The number of amides is 1. The molecule has 1 aliphatic rings. The SMILES string of the molecule is COc1ccc(NC(=O)Cn2ncn3nc4c(c3c2=O)CCCC4)c(OC)c1. The highest BCUT2D eigenvalue weighted by molar-refractivity contribution is 5.92. The molecule has 0 bridgehead atoms. The molecule has 1 N–H and O–H groups in total. The van der Waals surface area contributed by atoms with Gasteiger partial charge in [0.25, 0.3) is 5.56 Å². The van der Waals surface area contributed by atoms with Gasteiger partial charge in [-0.3, -0.25) is 9.59 Å². The van der Waals surface area contributed by atoms with Crippen molar-refractivity contribution < 1.29 is 14.3 Å². The topological polar surface area (TPSA) is 99.8 Å². The Bertz CT molecular complexity index is 1100. The normalized spacial score (nSPS) is 13.2. The summed E-state index contributed by atoms with van der Waals surface area (Å²) < 4.78 is 13.1. The first-order valence-corrected chi connectivity index (χ1v) is 9.09. The van der Waals surface area contributed by atoms with Crippen LogP contribution in [0.1, 0.15) is 24.1 Å². The lowest BCUT2D eigenvalue weighted by Crippen LogP contribution is -2.31. The summed E-state index contributed by atoms with van der Waals surface area (Å²) >= 11 is 0. The van der Waals surface area contributed by atoms with Crippen molar-refractivity contribution >= 4 is 17.1 Å². The lowest BCUT2D eigenvalue weighted by Gasteiger charge is -2.12. The molecule has 9 heteroatoms. The number of methoxy groups -OCH3 is 2. The third-order valence-corrected chi connectivity index (χ3v) is 4.90. The standard InChI is InChI=1S/C19H21N5O4/c1-27-12-7-8-15(16(9-12)28-2)21-17(25)10-23-19(26)18-13-5-3-4-6-14(13)22-24(18)11-20-23/h7-9,11H,3-6,10H2,1-2H3,(H,21,25). The minimum absolute atomic E-state index is 0.204. The highest BCUT2D eigenvalue weighted by atomic mass is 16.5. The third-order valence-electron chi connectivity index (χ3n) is 4.90. The van der Waals surface area contributed by atoms with Gasteiger partial charge in [0.15, 0.2) is 0 Å². The van der Waals surface area contributed by atoms with E-state index in [1.165, 1.54) is 18.0 Å². The van der Waals surface area contributed by atoms with Gasteiger partial charge in [-0.15, -0.1) is 0 Å². The quantitative estimate of drug-likeness (QED) is 0.715. The molecule has 0 atom stereocenters. The highest BCUT2D eigenvalue weighted by Crippen LogP contribution is 2.29. The molecule has 0 fully saturated rings. The fraction of sp³-hybridized carbons (Fsp3) is 0.368. The molecule has 0 radical (unpaired) electrons. The number of carbonyl (C=O) groups excluding carboxylic acids is 1. The Hall–Kier alpha value is -3.36. The molecule has 1 amide bonds. The number of fused-ring (bicyclic) bond motifs is 3. The van der Waals surface area contributed by atoms with Crippen LogP contribution in [0.15, 0.2) is 29.3 Å². The average molecular weight is 383 g/mol. The number of hydrogen-bond donors (Lipinski definition) is 1. The zero-order chi connectivity index (χ0) is 19.7. The van der Waals surface area contributed by atoms with E-state index in [0.717, 1.165) is 41.6 Å². The maximum Gasteiger partial charge on any atom is 0.293 e. The van der Waals surface area contributed by atoms with Gasteiger partial charge in [0.2, 0.25) is 5.91 Å². The molecule has 146 valence electrons. The van der Waals surface area contributed by atoms with Gasteiger partial charge in [0.05, 0.1) is 25.6 Å². The summed E-state index contributed by atoms with van der Waals surface area (Å²) in [4.78, 5) is 25.4. The first kappa shape index (κ1) is 18.0. The molecule has 1 aliphatic carbocycles. The van der Waals surface area contributed by atoms with Gasteiger partial charge in [-0.1, -0.05) is 0 Å². The molecule has 2 aromatic heterocycles. The molecular weight excluding hydrogens is 362 g/mol. The van der Waals surface area contributed by atoms with Crippen LogP contribution in [0.3, 0.4) is 0 Å². The summed E-state index contributed by atoms with van der Waals surface area (Å²) in [7, 11) is 3.06. The van der Waals surface area contributed by atoms with Crippen molar-refractivity contribution in [2.24, 2.45) is 0 Å². The Kier molecular flexibility index (Phi) is 4.72.